The molecule has 0 bridgehead atoms. The summed E-state index contributed by atoms with van der Waals surface area (Å²) in [5, 5.41) is 0.353. The lowest BCUT2D eigenvalue weighted by atomic mass is 9.90. The summed E-state index contributed by atoms with van der Waals surface area (Å²) in [6.07, 6.45) is -4.64. The fraction of sp³-hybridized carbons (Fsp3) is 0.143. The fourth-order valence-electron chi connectivity index (χ4n) is 1.79. The third kappa shape index (κ3) is 2.58. The largest absolute Gasteiger partial charge is 0.415 e. The van der Waals surface area contributed by atoms with Crippen LogP contribution in [0.5, 0.6) is 0 Å². The molecule has 0 aliphatic carbocycles. The molecule has 5 heteroatoms. The highest BCUT2D eigenvalue weighted by molar-refractivity contribution is 6.30. The SMILES string of the molecule is FC(F)(F)C(Cl)(c1cc[c]cc1)c1ccc(Cl)cc1. The van der Waals surface area contributed by atoms with Gasteiger partial charge in [-0.3, -0.25) is 0 Å². The van der Waals surface area contributed by atoms with Crippen LogP contribution in [0.4, 0.5) is 13.2 Å². The molecule has 0 saturated heterocycles. The Labute approximate surface area is 118 Å². The van der Waals surface area contributed by atoms with E-state index in [4.69, 9.17) is 23.2 Å². The second kappa shape index (κ2) is 5.06. The van der Waals surface area contributed by atoms with Crippen molar-refractivity contribution in [2.45, 2.75) is 11.1 Å². The molecule has 0 aliphatic heterocycles. The molecule has 1 atom stereocenters. The zero-order valence-electron chi connectivity index (χ0n) is 9.51. The molecule has 2 aromatic rings. The normalized spacial score (nSPS) is 15.0. The van der Waals surface area contributed by atoms with Crippen LogP contribution in [-0.2, 0) is 4.87 Å². The van der Waals surface area contributed by atoms with Gasteiger partial charge in [-0.15, -0.1) is 0 Å². The number of benzene rings is 2. The first-order valence-corrected chi connectivity index (χ1v) is 6.09. The molecule has 19 heavy (non-hydrogen) atoms. The molecule has 0 spiro atoms. The van der Waals surface area contributed by atoms with Crippen LogP contribution in [-0.4, -0.2) is 6.18 Å². The molecule has 0 N–H and O–H groups in total. The summed E-state index contributed by atoms with van der Waals surface area (Å²) in [6.45, 7) is 0. The molecule has 99 valence electrons. The van der Waals surface area contributed by atoms with E-state index in [9.17, 15) is 13.2 Å². The van der Waals surface area contributed by atoms with Crippen LogP contribution in [0, 0.1) is 6.07 Å². The van der Waals surface area contributed by atoms with Gasteiger partial charge in [0.15, 0.2) is 4.87 Å². The van der Waals surface area contributed by atoms with E-state index in [0.29, 0.717) is 5.02 Å². The Bertz CT molecular complexity index is 549. The smallest absolute Gasteiger partial charge is 0.168 e. The van der Waals surface area contributed by atoms with Gasteiger partial charge in [0.1, 0.15) is 0 Å². The van der Waals surface area contributed by atoms with Crippen molar-refractivity contribution in [3.8, 4) is 0 Å². The van der Waals surface area contributed by atoms with Crippen LogP contribution in [0.3, 0.4) is 0 Å². The van der Waals surface area contributed by atoms with Gasteiger partial charge in [-0.1, -0.05) is 59.6 Å². The molecule has 0 heterocycles. The minimum atomic E-state index is -4.64. The van der Waals surface area contributed by atoms with Crippen molar-refractivity contribution in [2.75, 3.05) is 0 Å². The van der Waals surface area contributed by atoms with E-state index in [1.54, 1.807) is 0 Å². The molecule has 2 aromatic carbocycles. The van der Waals surface area contributed by atoms with Gasteiger partial charge in [0.05, 0.1) is 0 Å². The lowest BCUT2D eigenvalue weighted by Gasteiger charge is -2.30. The predicted octanol–water partition coefficient (Wildman–Crippen LogP) is 5.18. The Kier molecular flexibility index (Phi) is 3.79. The minimum absolute atomic E-state index is 0.0530. The van der Waals surface area contributed by atoms with E-state index in [-0.39, 0.29) is 11.1 Å². The van der Waals surface area contributed by atoms with Crippen molar-refractivity contribution >= 4 is 23.2 Å². The van der Waals surface area contributed by atoms with Gasteiger partial charge in [-0.2, -0.15) is 13.2 Å². The molecule has 0 nitrogen and oxygen atoms in total. The van der Waals surface area contributed by atoms with Gasteiger partial charge in [-0.05, 0) is 29.3 Å². The van der Waals surface area contributed by atoms with Crippen LogP contribution in [0.25, 0.3) is 0 Å². The van der Waals surface area contributed by atoms with E-state index < -0.39 is 11.1 Å². The van der Waals surface area contributed by atoms with Gasteiger partial charge in [-0.25, -0.2) is 0 Å². The third-order valence-electron chi connectivity index (χ3n) is 2.75. The van der Waals surface area contributed by atoms with Crippen molar-refractivity contribution in [2.24, 2.45) is 0 Å². The van der Waals surface area contributed by atoms with Crippen LogP contribution in [0.2, 0.25) is 5.02 Å². The first-order valence-electron chi connectivity index (χ1n) is 5.34. The first kappa shape index (κ1) is 14.2. The Morgan fingerprint density at radius 2 is 1.32 bits per heavy atom. The van der Waals surface area contributed by atoms with Gasteiger partial charge in [0.25, 0.3) is 0 Å². The average molecular weight is 304 g/mol. The second-order valence-corrected chi connectivity index (χ2v) is 4.96. The van der Waals surface area contributed by atoms with Crippen molar-refractivity contribution < 1.29 is 13.2 Å². The standard InChI is InChI=1S/C14H8Cl2F3/c15-12-8-6-11(7-9-12)13(16,14(17,18)19)10-4-2-1-3-5-10/h2-9H. The Morgan fingerprint density at radius 3 is 1.79 bits per heavy atom. The summed E-state index contributed by atoms with van der Waals surface area (Å²) in [4.78, 5) is -2.59. The monoisotopic (exact) mass is 303 g/mol. The van der Waals surface area contributed by atoms with Crippen molar-refractivity contribution in [1.82, 2.24) is 0 Å². The first-order chi connectivity index (χ1) is 8.85. The summed E-state index contributed by atoms with van der Waals surface area (Å²) < 4.78 is 40.2. The zero-order valence-corrected chi connectivity index (χ0v) is 11.0. The fourth-order valence-corrected chi connectivity index (χ4v) is 2.17. The van der Waals surface area contributed by atoms with Crippen LogP contribution >= 0.6 is 23.2 Å². The third-order valence-corrected chi connectivity index (χ3v) is 3.65. The van der Waals surface area contributed by atoms with Gasteiger partial charge in [0.2, 0.25) is 0 Å². The highest BCUT2D eigenvalue weighted by Crippen LogP contribution is 2.49. The summed E-state index contributed by atoms with van der Waals surface area (Å²) >= 11 is 11.6. The topological polar surface area (TPSA) is 0 Å². The second-order valence-electron chi connectivity index (χ2n) is 3.95. The summed E-state index contributed by atoms with van der Waals surface area (Å²) in [6, 6.07) is 13.4. The lowest BCUT2D eigenvalue weighted by molar-refractivity contribution is -0.154. The molecular weight excluding hydrogens is 296 g/mol. The lowest BCUT2D eigenvalue weighted by Crippen LogP contribution is -2.38. The highest BCUT2D eigenvalue weighted by Gasteiger charge is 2.56. The summed E-state index contributed by atoms with van der Waals surface area (Å²) in [7, 11) is 0. The number of rotatable bonds is 2. The van der Waals surface area contributed by atoms with Crippen molar-refractivity contribution in [3.63, 3.8) is 0 Å². The zero-order chi connectivity index (χ0) is 14.1. The minimum Gasteiger partial charge on any atom is -0.168 e. The maximum atomic E-state index is 13.4. The molecule has 0 amide bonds. The van der Waals surface area contributed by atoms with Gasteiger partial charge < -0.3 is 0 Å². The van der Waals surface area contributed by atoms with Crippen LogP contribution in [0.1, 0.15) is 11.1 Å². The molecule has 0 aromatic heterocycles. The number of alkyl halides is 4. The molecule has 2 rings (SSSR count). The van der Waals surface area contributed by atoms with Gasteiger partial charge in [0, 0.05) is 5.02 Å². The Morgan fingerprint density at radius 1 is 0.842 bits per heavy atom. The number of halogens is 5. The maximum absolute atomic E-state index is 13.4. The van der Waals surface area contributed by atoms with E-state index >= 15 is 0 Å². The molecule has 0 fully saturated rings. The molecule has 0 aliphatic rings. The Hall–Kier alpha value is -1.19. The van der Waals surface area contributed by atoms with Crippen molar-refractivity contribution in [1.29, 1.82) is 0 Å². The summed E-state index contributed by atoms with van der Waals surface area (Å²) in [5.41, 5.74) is -0.125. The maximum Gasteiger partial charge on any atom is 0.415 e. The molecule has 1 radical (unpaired) electrons. The van der Waals surface area contributed by atoms with Gasteiger partial charge >= 0.3 is 6.18 Å². The predicted molar refractivity (Wildman–Crippen MR) is 69.4 cm³/mol. The summed E-state index contributed by atoms with van der Waals surface area (Å²) in [5.74, 6) is 0. The van der Waals surface area contributed by atoms with Crippen molar-refractivity contribution in [3.05, 3.63) is 70.7 Å². The van der Waals surface area contributed by atoms with E-state index in [1.807, 2.05) is 0 Å². The number of hydrogen-bond acceptors (Lipinski definition) is 0. The quantitative estimate of drug-likeness (QED) is 0.670. The molecular formula is C14H8Cl2F3. The average Bonchev–Trinajstić information content (AvgIpc) is 2.38. The molecule has 1 unspecified atom stereocenters. The highest BCUT2D eigenvalue weighted by atomic mass is 35.5. The van der Waals surface area contributed by atoms with Crippen LogP contribution < -0.4 is 0 Å². The van der Waals surface area contributed by atoms with E-state index in [1.165, 1.54) is 48.5 Å². The van der Waals surface area contributed by atoms with E-state index in [2.05, 4.69) is 6.07 Å². The molecule has 0 saturated carbocycles. The van der Waals surface area contributed by atoms with Crippen LogP contribution in [0.15, 0.2) is 48.5 Å². The van der Waals surface area contributed by atoms with E-state index in [0.717, 1.165) is 0 Å². The number of hydrogen-bond donors (Lipinski definition) is 0. The Balaban J connectivity index is 2.63.